The van der Waals surface area contributed by atoms with Gasteiger partial charge in [0.25, 0.3) is 0 Å². The average Bonchev–Trinajstić information content (AvgIpc) is 3.17. The minimum Gasteiger partial charge on any atom is -0.491 e. The number of ether oxygens (including phenoxy) is 1. The summed E-state index contributed by atoms with van der Waals surface area (Å²) in [5, 5.41) is 11.2. The average molecular weight is 401 g/mol. The van der Waals surface area contributed by atoms with Crippen LogP contribution in [-0.4, -0.2) is 55.4 Å². The highest BCUT2D eigenvalue weighted by atomic mass is 35.5. The van der Waals surface area contributed by atoms with Crippen LogP contribution in [0.2, 0.25) is 5.02 Å². The number of nitrogens with zero attached hydrogens (tertiary/aromatic N) is 2. The number of anilines is 1. The molecule has 1 saturated heterocycles. The molecule has 1 heterocycles. The third-order valence-corrected chi connectivity index (χ3v) is 6.10. The molecule has 1 aliphatic heterocycles. The van der Waals surface area contributed by atoms with Gasteiger partial charge >= 0.3 is 0 Å². The van der Waals surface area contributed by atoms with E-state index in [9.17, 15) is 5.11 Å². The van der Waals surface area contributed by atoms with Crippen LogP contribution in [0.5, 0.6) is 5.75 Å². The van der Waals surface area contributed by atoms with Crippen molar-refractivity contribution in [3.8, 4) is 5.75 Å². The number of hydrogen-bond donors (Lipinski definition) is 1. The Labute approximate surface area is 172 Å². The first-order valence-corrected chi connectivity index (χ1v) is 10.6. The number of benzene rings is 2. The maximum atomic E-state index is 10.4. The minimum absolute atomic E-state index is 0.340. The Morgan fingerprint density at radius 1 is 1.04 bits per heavy atom. The van der Waals surface area contributed by atoms with Crippen LogP contribution < -0.4 is 9.64 Å². The summed E-state index contributed by atoms with van der Waals surface area (Å²) in [4.78, 5) is 4.69. The third kappa shape index (κ3) is 4.62. The molecule has 1 aliphatic carbocycles. The summed E-state index contributed by atoms with van der Waals surface area (Å²) in [6, 6.07) is 12.4. The van der Waals surface area contributed by atoms with Gasteiger partial charge in [-0.1, -0.05) is 23.7 Å². The summed E-state index contributed by atoms with van der Waals surface area (Å²) in [7, 11) is 0. The summed E-state index contributed by atoms with van der Waals surface area (Å²) >= 11 is 6.17. The number of piperazine rings is 1. The van der Waals surface area contributed by atoms with Gasteiger partial charge in [0.1, 0.15) is 18.5 Å². The molecule has 0 radical (unpaired) electrons. The molecular formula is C23H29ClN2O2. The van der Waals surface area contributed by atoms with Crippen LogP contribution in [0.4, 0.5) is 5.69 Å². The lowest BCUT2D eigenvalue weighted by atomic mass is 10.1. The first-order valence-electron chi connectivity index (χ1n) is 10.2. The fraction of sp³-hybridized carbons (Fsp3) is 0.478. The predicted molar refractivity (Wildman–Crippen MR) is 115 cm³/mol. The molecule has 0 spiro atoms. The summed E-state index contributed by atoms with van der Waals surface area (Å²) < 4.78 is 5.85. The normalized spacial score (nSPS) is 18.2. The third-order valence-electron chi connectivity index (χ3n) is 5.87. The Bertz CT molecular complexity index is 818. The number of rotatable bonds is 6. The lowest BCUT2D eigenvalue weighted by molar-refractivity contribution is 0.0663. The summed E-state index contributed by atoms with van der Waals surface area (Å²) in [6.45, 7) is 6.86. The second kappa shape index (κ2) is 8.73. The van der Waals surface area contributed by atoms with Crippen molar-refractivity contribution in [2.45, 2.75) is 32.3 Å². The van der Waals surface area contributed by atoms with E-state index in [0.717, 1.165) is 43.4 Å². The molecule has 0 bridgehead atoms. The van der Waals surface area contributed by atoms with Gasteiger partial charge in [-0.2, -0.15) is 0 Å². The van der Waals surface area contributed by atoms with Gasteiger partial charge < -0.3 is 14.7 Å². The fourth-order valence-electron chi connectivity index (χ4n) is 4.28. The Morgan fingerprint density at radius 2 is 1.82 bits per heavy atom. The summed E-state index contributed by atoms with van der Waals surface area (Å²) in [5.41, 5.74) is 5.31. The van der Waals surface area contributed by atoms with Crippen LogP contribution in [0, 0.1) is 6.92 Å². The SMILES string of the molecule is Cc1ccc(Cl)cc1N1CCN(C[C@@H](O)COc2ccc3c(c2)CCC3)CC1. The van der Waals surface area contributed by atoms with E-state index >= 15 is 0 Å². The number of aliphatic hydroxyl groups excluding tert-OH is 1. The van der Waals surface area contributed by atoms with Gasteiger partial charge in [-0.3, -0.25) is 4.90 Å². The van der Waals surface area contributed by atoms with E-state index in [2.05, 4.69) is 34.9 Å². The number of hydrogen-bond acceptors (Lipinski definition) is 4. The maximum absolute atomic E-state index is 10.4. The van der Waals surface area contributed by atoms with Gasteiger partial charge in [0, 0.05) is 43.4 Å². The van der Waals surface area contributed by atoms with Crippen LogP contribution >= 0.6 is 11.6 Å². The van der Waals surface area contributed by atoms with E-state index in [-0.39, 0.29) is 0 Å². The van der Waals surface area contributed by atoms with Crippen molar-refractivity contribution < 1.29 is 9.84 Å². The van der Waals surface area contributed by atoms with Crippen LogP contribution in [0.15, 0.2) is 36.4 Å². The number of aryl methyl sites for hydroxylation is 3. The van der Waals surface area contributed by atoms with E-state index in [1.807, 2.05) is 18.2 Å². The Morgan fingerprint density at radius 3 is 2.64 bits per heavy atom. The molecule has 150 valence electrons. The molecule has 1 N–H and O–H groups in total. The molecule has 1 fully saturated rings. The lowest BCUT2D eigenvalue weighted by Gasteiger charge is -2.37. The van der Waals surface area contributed by atoms with Gasteiger partial charge in [0.15, 0.2) is 0 Å². The monoisotopic (exact) mass is 400 g/mol. The molecule has 5 heteroatoms. The highest BCUT2D eigenvalue weighted by molar-refractivity contribution is 6.30. The van der Waals surface area contributed by atoms with Crippen molar-refractivity contribution in [2.75, 3.05) is 44.2 Å². The Kier molecular flexibility index (Phi) is 6.10. The zero-order valence-electron chi connectivity index (χ0n) is 16.5. The lowest BCUT2D eigenvalue weighted by Crippen LogP contribution is -2.49. The number of aliphatic hydroxyl groups is 1. The molecule has 4 rings (SSSR count). The molecule has 28 heavy (non-hydrogen) atoms. The van der Waals surface area contributed by atoms with E-state index in [4.69, 9.17) is 16.3 Å². The second-order valence-corrected chi connectivity index (χ2v) is 8.40. The highest BCUT2D eigenvalue weighted by Crippen LogP contribution is 2.27. The van der Waals surface area contributed by atoms with Crippen molar-refractivity contribution in [3.63, 3.8) is 0 Å². The van der Waals surface area contributed by atoms with Crippen molar-refractivity contribution in [1.29, 1.82) is 0 Å². The number of β-amino-alcohol motifs (C(OH)–C–C–N with tert-alkyl or cyclic N) is 1. The summed E-state index contributed by atoms with van der Waals surface area (Å²) in [5.74, 6) is 0.876. The van der Waals surface area contributed by atoms with Gasteiger partial charge in [-0.05, 0) is 67.1 Å². The van der Waals surface area contributed by atoms with E-state index in [1.165, 1.54) is 35.2 Å². The number of halogens is 1. The Balaban J connectivity index is 1.24. The quantitative estimate of drug-likeness (QED) is 0.802. The molecule has 0 unspecified atom stereocenters. The molecular weight excluding hydrogens is 372 g/mol. The van der Waals surface area contributed by atoms with E-state index in [1.54, 1.807) is 0 Å². The molecule has 0 aromatic heterocycles. The maximum Gasteiger partial charge on any atom is 0.119 e. The predicted octanol–water partition coefficient (Wildman–Crippen LogP) is 3.70. The Hall–Kier alpha value is -1.75. The molecule has 2 aromatic carbocycles. The molecule has 0 saturated carbocycles. The molecule has 2 aliphatic rings. The van der Waals surface area contributed by atoms with Crippen LogP contribution in [0.3, 0.4) is 0 Å². The largest absolute Gasteiger partial charge is 0.491 e. The minimum atomic E-state index is -0.479. The summed E-state index contributed by atoms with van der Waals surface area (Å²) in [6.07, 6.45) is 3.08. The molecule has 4 nitrogen and oxygen atoms in total. The molecule has 2 aromatic rings. The van der Waals surface area contributed by atoms with Gasteiger partial charge in [0.2, 0.25) is 0 Å². The van der Waals surface area contributed by atoms with Crippen molar-refractivity contribution in [2.24, 2.45) is 0 Å². The van der Waals surface area contributed by atoms with E-state index in [0.29, 0.717) is 13.2 Å². The van der Waals surface area contributed by atoms with Gasteiger partial charge in [-0.25, -0.2) is 0 Å². The fourth-order valence-corrected chi connectivity index (χ4v) is 4.44. The topological polar surface area (TPSA) is 35.9 Å². The van der Waals surface area contributed by atoms with Gasteiger partial charge in [-0.15, -0.1) is 0 Å². The van der Waals surface area contributed by atoms with E-state index < -0.39 is 6.10 Å². The van der Waals surface area contributed by atoms with Gasteiger partial charge in [0.05, 0.1) is 0 Å². The second-order valence-electron chi connectivity index (χ2n) is 7.97. The van der Waals surface area contributed by atoms with Crippen molar-refractivity contribution >= 4 is 17.3 Å². The first-order chi connectivity index (χ1) is 13.6. The zero-order valence-corrected chi connectivity index (χ0v) is 17.3. The van der Waals surface area contributed by atoms with Crippen LogP contribution in [-0.2, 0) is 12.8 Å². The van der Waals surface area contributed by atoms with Crippen molar-refractivity contribution in [3.05, 3.63) is 58.1 Å². The highest BCUT2D eigenvalue weighted by Gasteiger charge is 2.21. The smallest absolute Gasteiger partial charge is 0.119 e. The zero-order chi connectivity index (χ0) is 19.5. The number of fused-ring (bicyclic) bond motifs is 1. The standard InChI is InChI=1S/C23H29ClN2O2/c1-17-5-7-20(24)14-23(17)26-11-9-25(10-12-26)15-21(27)16-28-22-8-6-18-3-2-4-19(18)13-22/h5-8,13-14,21,27H,2-4,9-12,15-16H2,1H3/t21-/m1/s1. The van der Waals surface area contributed by atoms with Crippen molar-refractivity contribution in [1.82, 2.24) is 4.90 Å². The van der Waals surface area contributed by atoms with Crippen LogP contribution in [0.1, 0.15) is 23.1 Å². The molecule has 1 atom stereocenters. The van der Waals surface area contributed by atoms with Crippen LogP contribution in [0.25, 0.3) is 0 Å². The molecule has 0 amide bonds. The first kappa shape index (κ1) is 19.6.